The molecule has 0 spiro atoms. The molecule has 0 saturated carbocycles. The van der Waals surface area contributed by atoms with Crippen molar-refractivity contribution in [2.24, 2.45) is 0 Å². The monoisotopic (exact) mass is 242 g/mol. The van der Waals surface area contributed by atoms with Crippen LogP contribution in [0.15, 0.2) is 11.9 Å². The molecule has 0 fully saturated rings. The second-order valence-electron chi connectivity index (χ2n) is 2.65. The van der Waals surface area contributed by atoms with Crippen LogP contribution in [0.3, 0.4) is 0 Å². The van der Waals surface area contributed by atoms with Gasteiger partial charge in [0.15, 0.2) is 0 Å². The second kappa shape index (κ2) is 3.97. The van der Waals surface area contributed by atoms with Gasteiger partial charge in [0.25, 0.3) is 0 Å². The predicted octanol–water partition coefficient (Wildman–Crippen LogP) is 4.08. The van der Waals surface area contributed by atoms with Gasteiger partial charge in [-0.15, -0.1) is 0 Å². The van der Waals surface area contributed by atoms with Crippen LogP contribution in [0, 0.1) is 0 Å². The summed E-state index contributed by atoms with van der Waals surface area (Å²) >= 11 is 0. The van der Waals surface area contributed by atoms with E-state index in [0.29, 0.717) is 6.92 Å². The average molecular weight is 242 g/mol. The molecular formula is C7H6F8. The lowest BCUT2D eigenvalue weighted by atomic mass is 10.0. The van der Waals surface area contributed by atoms with E-state index in [1.165, 1.54) is 0 Å². The summed E-state index contributed by atoms with van der Waals surface area (Å²) in [6, 6.07) is 0. The molecular weight excluding hydrogens is 236 g/mol. The highest BCUT2D eigenvalue weighted by Crippen LogP contribution is 2.47. The lowest BCUT2D eigenvalue weighted by molar-refractivity contribution is -0.220. The minimum Gasteiger partial charge on any atom is -0.215 e. The molecule has 0 amide bonds. The Bertz CT molecular complexity index is 248. The summed E-state index contributed by atoms with van der Waals surface area (Å²) in [7, 11) is 0. The normalized spacial score (nSPS) is 15.7. The van der Waals surface area contributed by atoms with Gasteiger partial charge in [0, 0.05) is 6.42 Å². The Morgan fingerprint density at radius 2 is 1.40 bits per heavy atom. The van der Waals surface area contributed by atoms with E-state index < -0.39 is 36.3 Å². The van der Waals surface area contributed by atoms with E-state index >= 15 is 0 Å². The van der Waals surface area contributed by atoms with Crippen LogP contribution in [0.1, 0.15) is 13.3 Å². The van der Waals surface area contributed by atoms with Crippen molar-refractivity contribution < 1.29 is 35.1 Å². The summed E-state index contributed by atoms with van der Waals surface area (Å²) in [4.78, 5) is 0. The molecule has 0 aromatic heterocycles. The summed E-state index contributed by atoms with van der Waals surface area (Å²) < 4.78 is 97.0. The number of hydrogen-bond donors (Lipinski definition) is 0. The van der Waals surface area contributed by atoms with Crippen molar-refractivity contribution >= 4 is 0 Å². The van der Waals surface area contributed by atoms with Gasteiger partial charge < -0.3 is 0 Å². The number of rotatable bonds is 3. The fourth-order valence-corrected chi connectivity index (χ4v) is 0.727. The topological polar surface area (TPSA) is 0 Å². The van der Waals surface area contributed by atoms with E-state index in [4.69, 9.17) is 0 Å². The first kappa shape index (κ1) is 14.2. The van der Waals surface area contributed by atoms with Crippen LogP contribution in [-0.4, -0.2) is 18.0 Å². The summed E-state index contributed by atoms with van der Waals surface area (Å²) in [5.41, 5.74) is -3.18. The van der Waals surface area contributed by atoms with Crippen molar-refractivity contribution in [1.82, 2.24) is 0 Å². The van der Waals surface area contributed by atoms with E-state index in [1.807, 2.05) is 0 Å². The summed E-state index contributed by atoms with van der Waals surface area (Å²) in [5, 5.41) is 0. The van der Waals surface area contributed by atoms with Gasteiger partial charge in [0.1, 0.15) is 11.9 Å². The molecule has 0 atom stereocenters. The number of alkyl halides is 7. The van der Waals surface area contributed by atoms with Gasteiger partial charge in [-0.05, 0) is 0 Å². The molecule has 0 rings (SSSR count). The summed E-state index contributed by atoms with van der Waals surface area (Å²) in [6.07, 6.45) is -8.91. The second-order valence-corrected chi connectivity index (χ2v) is 2.65. The summed E-state index contributed by atoms with van der Waals surface area (Å²) in [6.45, 7) is 0.570. The van der Waals surface area contributed by atoms with Crippen molar-refractivity contribution in [3.05, 3.63) is 11.9 Å². The molecule has 0 aliphatic rings. The van der Waals surface area contributed by atoms with Gasteiger partial charge in [-0.25, -0.2) is 4.39 Å². The average Bonchev–Trinajstić information content (AvgIpc) is 2.01. The molecule has 0 saturated heterocycles. The Hall–Kier alpha value is -0.820. The van der Waals surface area contributed by atoms with Crippen LogP contribution in [-0.2, 0) is 0 Å². The van der Waals surface area contributed by atoms with Crippen LogP contribution in [0.25, 0.3) is 0 Å². The van der Waals surface area contributed by atoms with Crippen LogP contribution in [0.2, 0.25) is 0 Å². The largest absolute Gasteiger partial charge is 0.420 e. The fraction of sp³-hybridized carbons (Fsp3) is 0.714. The third kappa shape index (κ3) is 2.60. The van der Waals surface area contributed by atoms with Crippen molar-refractivity contribution in [2.45, 2.75) is 31.4 Å². The van der Waals surface area contributed by atoms with Crippen LogP contribution < -0.4 is 0 Å². The maximum absolute atomic E-state index is 12.6. The third-order valence-electron chi connectivity index (χ3n) is 1.66. The zero-order chi connectivity index (χ0) is 12.5. The first-order chi connectivity index (χ1) is 6.50. The Morgan fingerprint density at radius 3 is 1.60 bits per heavy atom. The van der Waals surface area contributed by atoms with E-state index in [9.17, 15) is 35.1 Å². The highest BCUT2D eigenvalue weighted by molar-refractivity contribution is 5.20. The fourth-order valence-electron chi connectivity index (χ4n) is 0.727. The molecule has 0 radical (unpaired) electrons. The smallest absolute Gasteiger partial charge is 0.215 e. The standard InChI is InChI=1S/C7H6F8/c1-2-5(9,10)6(11,12)4(3-8)7(13,14)15/h3H,2H2,1H3. The molecule has 0 heterocycles. The molecule has 0 nitrogen and oxygen atoms in total. The van der Waals surface area contributed by atoms with Gasteiger partial charge in [-0.2, -0.15) is 30.7 Å². The predicted molar refractivity (Wildman–Crippen MR) is 35.4 cm³/mol. The number of hydrogen-bond acceptors (Lipinski definition) is 0. The van der Waals surface area contributed by atoms with Gasteiger partial charge in [0.05, 0.1) is 0 Å². The first-order valence-corrected chi connectivity index (χ1v) is 3.64. The summed E-state index contributed by atoms with van der Waals surface area (Å²) in [5.74, 6) is -10.5. The van der Waals surface area contributed by atoms with Gasteiger partial charge in [-0.1, -0.05) is 6.92 Å². The SMILES string of the molecule is CCC(F)(F)C(F)(F)C(=CF)C(F)(F)F. The van der Waals surface area contributed by atoms with E-state index in [1.54, 1.807) is 0 Å². The van der Waals surface area contributed by atoms with Crippen LogP contribution >= 0.6 is 0 Å². The minimum atomic E-state index is -5.84. The lowest BCUT2D eigenvalue weighted by Gasteiger charge is -2.27. The molecule has 90 valence electrons. The van der Waals surface area contributed by atoms with Crippen LogP contribution in [0.4, 0.5) is 35.1 Å². The Labute approximate surface area is 79.6 Å². The maximum atomic E-state index is 12.6. The molecule has 0 aliphatic carbocycles. The Kier molecular flexibility index (Phi) is 3.76. The van der Waals surface area contributed by atoms with Crippen molar-refractivity contribution in [1.29, 1.82) is 0 Å². The molecule has 15 heavy (non-hydrogen) atoms. The maximum Gasteiger partial charge on any atom is 0.420 e. The third-order valence-corrected chi connectivity index (χ3v) is 1.66. The molecule has 0 aromatic rings. The number of allylic oxidation sites excluding steroid dienone is 1. The van der Waals surface area contributed by atoms with E-state index in [0.717, 1.165) is 0 Å². The molecule has 0 bridgehead atoms. The van der Waals surface area contributed by atoms with E-state index in [2.05, 4.69) is 0 Å². The zero-order valence-electron chi connectivity index (χ0n) is 7.31. The Morgan fingerprint density at radius 1 is 1.00 bits per heavy atom. The van der Waals surface area contributed by atoms with Crippen LogP contribution in [0.5, 0.6) is 0 Å². The molecule has 0 unspecified atom stereocenters. The van der Waals surface area contributed by atoms with E-state index in [-0.39, 0.29) is 0 Å². The van der Waals surface area contributed by atoms with Crippen molar-refractivity contribution in [2.75, 3.05) is 0 Å². The molecule has 0 aromatic carbocycles. The van der Waals surface area contributed by atoms with Crippen molar-refractivity contribution in [3.8, 4) is 0 Å². The highest BCUT2D eigenvalue weighted by atomic mass is 19.4. The Balaban J connectivity index is 5.37. The van der Waals surface area contributed by atoms with Gasteiger partial charge >= 0.3 is 18.0 Å². The quantitative estimate of drug-likeness (QED) is 0.654. The van der Waals surface area contributed by atoms with Gasteiger partial charge in [-0.3, -0.25) is 0 Å². The highest BCUT2D eigenvalue weighted by Gasteiger charge is 2.64. The molecule has 0 aliphatic heterocycles. The van der Waals surface area contributed by atoms with Gasteiger partial charge in [0.2, 0.25) is 0 Å². The van der Waals surface area contributed by atoms with Crippen molar-refractivity contribution in [3.63, 3.8) is 0 Å². The molecule has 0 N–H and O–H groups in total. The first-order valence-electron chi connectivity index (χ1n) is 3.64. The lowest BCUT2D eigenvalue weighted by Crippen LogP contribution is -2.45. The zero-order valence-corrected chi connectivity index (χ0v) is 7.31. The minimum absolute atomic E-state index is 0.570. The number of halogens is 8. The molecule has 8 heteroatoms.